The summed E-state index contributed by atoms with van der Waals surface area (Å²) in [5.41, 5.74) is 0. The molecule has 0 aromatic carbocycles. The van der Waals surface area contributed by atoms with Crippen molar-refractivity contribution in [2.75, 3.05) is 0 Å². The molecule has 0 heterocycles. The lowest BCUT2D eigenvalue weighted by Gasteiger charge is -2.25. The molecule has 0 nitrogen and oxygen atoms in total. The van der Waals surface area contributed by atoms with E-state index in [0.717, 1.165) is 6.42 Å². The average molecular weight is 214 g/mol. The summed E-state index contributed by atoms with van der Waals surface area (Å²) in [5.74, 6) is -6.39. The van der Waals surface area contributed by atoms with E-state index in [9.17, 15) is 22.0 Å². The zero-order chi connectivity index (χ0) is 11.0. The third-order valence-corrected chi connectivity index (χ3v) is 2.59. The van der Waals surface area contributed by atoms with Crippen molar-refractivity contribution in [2.24, 2.45) is 11.8 Å². The molecule has 2 unspecified atom stereocenters. The molecular formula is C9H11F5. The van der Waals surface area contributed by atoms with Crippen molar-refractivity contribution in [3.8, 4) is 0 Å². The second-order valence-electron chi connectivity index (χ2n) is 3.59. The molecule has 82 valence electrons. The highest BCUT2D eigenvalue weighted by Gasteiger charge is 2.62. The predicted octanol–water partition coefficient (Wildman–Crippen LogP) is 3.64. The molecule has 0 aliphatic heterocycles. The topological polar surface area (TPSA) is 0 Å². The molecule has 1 aliphatic rings. The molecule has 5 heteroatoms. The van der Waals surface area contributed by atoms with Crippen molar-refractivity contribution in [3.63, 3.8) is 0 Å². The minimum absolute atomic E-state index is 0.115. The fraction of sp³-hybridized carbons (Fsp3) is 0.778. The smallest absolute Gasteiger partial charge is 0.196 e. The maximum atomic E-state index is 12.8. The summed E-state index contributed by atoms with van der Waals surface area (Å²) in [6.45, 7) is 3.50. The highest BCUT2D eigenvalue weighted by Crippen LogP contribution is 2.48. The summed E-state index contributed by atoms with van der Waals surface area (Å²) in [6.07, 6.45) is -3.77. The molecule has 0 amide bonds. The van der Waals surface area contributed by atoms with Gasteiger partial charge in [-0.25, -0.2) is 0 Å². The lowest BCUT2D eigenvalue weighted by Crippen LogP contribution is -2.42. The zero-order valence-electron chi connectivity index (χ0n) is 7.45. The van der Waals surface area contributed by atoms with Gasteiger partial charge in [-0.2, -0.15) is 22.0 Å². The number of hydrogen-bond donors (Lipinski definition) is 0. The lowest BCUT2D eigenvalue weighted by molar-refractivity contribution is -0.298. The van der Waals surface area contributed by atoms with Crippen LogP contribution in [0.1, 0.15) is 19.3 Å². The zero-order valence-corrected chi connectivity index (χ0v) is 7.45. The van der Waals surface area contributed by atoms with Gasteiger partial charge in [0.15, 0.2) is 0 Å². The third kappa shape index (κ3) is 2.01. The van der Waals surface area contributed by atoms with Crippen LogP contribution in [0.2, 0.25) is 0 Å². The highest BCUT2D eigenvalue weighted by molar-refractivity contribution is 4.99. The molecule has 1 saturated carbocycles. The predicted molar refractivity (Wildman–Crippen MR) is 41.5 cm³/mol. The molecule has 0 bridgehead atoms. The van der Waals surface area contributed by atoms with Gasteiger partial charge in [-0.05, 0) is 25.2 Å². The van der Waals surface area contributed by atoms with Crippen molar-refractivity contribution in [1.82, 2.24) is 0 Å². The van der Waals surface area contributed by atoms with E-state index in [1.807, 2.05) is 0 Å². The van der Waals surface area contributed by atoms with E-state index in [-0.39, 0.29) is 12.3 Å². The van der Waals surface area contributed by atoms with Crippen LogP contribution < -0.4 is 0 Å². The Labute approximate surface area is 79.5 Å². The van der Waals surface area contributed by atoms with E-state index < -0.39 is 18.0 Å². The van der Waals surface area contributed by atoms with E-state index in [4.69, 9.17) is 0 Å². The van der Waals surface area contributed by atoms with Crippen molar-refractivity contribution in [2.45, 2.75) is 31.4 Å². The monoisotopic (exact) mass is 214 g/mol. The van der Waals surface area contributed by atoms with E-state index >= 15 is 0 Å². The van der Waals surface area contributed by atoms with Gasteiger partial charge in [0, 0.05) is 5.92 Å². The van der Waals surface area contributed by atoms with Gasteiger partial charge in [-0.15, -0.1) is 0 Å². The fourth-order valence-corrected chi connectivity index (χ4v) is 1.65. The van der Waals surface area contributed by atoms with Gasteiger partial charge in [0.2, 0.25) is 0 Å². The fourth-order valence-electron chi connectivity index (χ4n) is 1.65. The molecule has 1 fully saturated rings. The minimum atomic E-state index is -5.44. The maximum absolute atomic E-state index is 12.8. The molecule has 14 heavy (non-hydrogen) atoms. The molecule has 2 radical (unpaired) electrons. The Kier molecular flexibility index (Phi) is 3.07. The van der Waals surface area contributed by atoms with Crippen LogP contribution in [0.3, 0.4) is 0 Å². The van der Waals surface area contributed by atoms with E-state index in [0.29, 0.717) is 12.8 Å². The van der Waals surface area contributed by atoms with Crippen LogP contribution in [0.4, 0.5) is 22.0 Å². The Morgan fingerprint density at radius 2 is 1.79 bits per heavy atom. The molecule has 0 aromatic rings. The SMILES string of the molecule is [CH2]CC1C[CH]C(C(F)(F)C(F)(F)F)C1. The largest absolute Gasteiger partial charge is 0.453 e. The number of hydrogen-bond acceptors (Lipinski definition) is 0. The van der Waals surface area contributed by atoms with Crippen LogP contribution in [0.25, 0.3) is 0 Å². The molecule has 0 spiro atoms. The van der Waals surface area contributed by atoms with Crippen molar-refractivity contribution in [3.05, 3.63) is 13.3 Å². The minimum Gasteiger partial charge on any atom is -0.196 e. The first kappa shape index (κ1) is 11.7. The first-order valence-corrected chi connectivity index (χ1v) is 4.36. The standard InChI is InChI=1S/C9H11F5/c1-2-6-3-4-7(5-6)8(10,11)9(12,13)14/h4,6-7H,1-3,5H2. The second-order valence-corrected chi connectivity index (χ2v) is 3.59. The van der Waals surface area contributed by atoms with Gasteiger partial charge in [0.05, 0.1) is 0 Å². The van der Waals surface area contributed by atoms with E-state index in [1.165, 1.54) is 0 Å². The molecule has 2 atom stereocenters. The van der Waals surface area contributed by atoms with Crippen LogP contribution in [0.5, 0.6) is 0 Å². The Morgan fingerprint density at radius 3 is 2.14 bits per heavy atom. The van der Waals surface area contributed by atoms with E-state index in [2.05, 4.69) is 6.92 Å². The number of alkyl halides is 5. The van der Waals surface area contributed by atoms with Crippen LogP contribution >= 0.6 is 0 Å². The molecule has 0 saturated heterocycles. The molecule has 0 aromatic heterocycles. The van der Waals surface area contributed by atoms with Gasteiger partial charge < -0.3 is 0 Å². The first-order valence-electron chi connectivity index (χ1n) is 4.36. The quantitative estimate of drug-likeness (QED) is 0.615. The molecule has 1 rings (SSSR count). The lowest BCUT2D eigenvalue weighted by atomic mass is 9.97. The second kappa shape index (κ2) is 3.66. The van der Waals surface area contributed by atoms with Crippen molar-refractivity contribution >= 4 is 0 Å². The van der Waals surface area contributed by atoms with Crippen molar-refractivity contribution in [1.29, 1.82) is 0 Å². The van der Waals surface area contributed by atoms with Crippen LogP contribution in [0, 0.1) is 25.2 Å². The highest BCUT2D eigenvalue weighted by atomic mass is 19.4. The van der Waals surface area contributed by atoms with Crippen LogP contribution in [-0.4, -0.2) is 12.1 Å². The van der Waals surface area contributed by atoms with Gasteiger partial charge in [0.25, 0.3) is 0 Å². The molecule has 1 aliphatic carbocycles. The number of rotatable bonds is 2. The van der Waals surface area contributed by atoms with Gasteiger partial charge in [-0.3, -0.25) is 0 Å². The summed E-state index contributed by atoms with van der Waals surface area (Å²) < 4.78 is 61.3. The summed E-state index contributed by atoms with van der Waals surface area (Å²) in [7, 11) is 0. The van der Waals surface area contributed by atoms with Gasteiger partial charge in [-0.1, -0.05) is 13.3 Å². The normalized spacial score (nSPS) is 29.6. The van der Waals surface area contributed by atoms with Crippen molar-refractivity contribution < 1.29 is 22.0 Å². The Balaban J connectivity index is 2.66. The molecule has 0 N–H and O–H groups in total. The van der Waals surface area contributed by atoms with Gasteiger partial charge >= 0.3 is 12.1 Å². The van der Waals surface area contributed by atoms with Gasteiger partial charge in [0.1, 0.15) is 0 Å². The van der Waals surface area contributed by atoms with Crippen LogP contribution in [-0.2, 0) is 0 Å². The molecular weight excluding hydrogens is 203 g/mol. The van der Waals surface area contributed by atoms with Crippen LogP contribution in [0.15, 0.2) is 0 Å². The number of halogens is 5. The summed E-state index contributed by atoms with van der Waals surface area (Å²) in [5, 5.41) is 0. The Bertz CT molecular complexity index is 196. The maximum Gasteiger partial charge on any atom is 0.453 e. The summed E-state index contributed by atoms with van der Waals surface area (Å²) >= 11 is 0. The average Bonchev–Trinajstić information content (AvgIpc) is 2.49. The Hall–Kier alpha value is -0.350. The first-order chi connectivity index (χ1) is 6.29. The summed E-state index contributed by atoms with van der Waals surface area (Å²) in [6, 6.07) is 0. The summed E-state index contributed by atoms with van der Waals surface area (Å²) in [4.78, 5) is 0. The third-order valence-electron chi connectivity index (χ3n) is 2.59. The van der Waals surface area contributed by atoms with E-state index in [1.54, 1.807) is 0 Å². The Morgan fingerprint density at radius 1 is 1.21 bits per heavy atom.